The van der Waals surface area contributed by atoms with Crippen LogP contribution in [0.1, 0.15) is 106 Å². The second-order valence-electron chi connectivity index (χ2n) is 25.5. The van der Waals surface area contributed by atoms with Crippen molar-refractivity contribution < 1.29 is 19.2 Å². The van der Waals surface area contributed by atoms with Gasteiger partial charge in [0.1, 0.15) is 58.3 Å². The van der Waals surface area contributed by atoms with Gasteiger partial charge in [-0.05, 0) is 145 Å². The van der Waals surface area contributed by atoms with Gasteiger partial charge in [-0.1, -0.05) is 108 Å². The molecular formula is C82H73N23O7. The molecular weight excluding hydrogens is 1420 g/mol. The fraction of sp³-hybridized carbons (Fsp3) is 0.171. The van der Waals surface area contributed by atoms with Crippen molar-refractivity contribution in [3.8, 4) is 86.9 Å². The minimum atomic E-state index is -0.833. The van der Waals surface area contributed by atoms with E-state index in [0.29, 0.717) is 153 Å². The summed E-state index contributed by atoms with van der Waals surface area (Å²) in [5.74, 6) is 21.5. The summed E-state index contributed by atoms with van der Waals surface area (Å²) in [7, 11) is 1.66. The number of tetrazole rings is 1. The molecule has 0 bridgehead atoms. The first kappa shape index (κ1) is 75.2. The highest BCUT2D eigenvalue weighted by molar-refractivity contribution is 5.88. The Kier molecular flexibility index (Phi) is 22.1. The molecule has 0 spiro atoms. The molecule has 112 heavy (non-hydrogen) atoms. The van der Waals surface area contributed by atoms with E-state index in [-0.39, 0.29) is 28.5 Å². The van der Waals surface area contributed by atoms with Gasteiger partial charge in [0, 0.05) is 59.3 Å². The molecule has 30 heteroatoms. The standard InChI is InChI=1S/C28H25N7O3.C27H25N9O2.C27H23N7O2/c1-16(36)12-13-19-8-7-11-22-23(19)28(37)35(20-9-5-4-6-10-20)26(32-22)17(2)31-25-24(21(29)14-15-30-25)27-34-33-18(3)38-27;1-16(37)12-13-18-8-7-11-21-22(18)27(38)36(19-9-5-4-6-10-19)26(31-21)17(2)30-24-23(20(28)14-15-29-24)25-32-34-35(3)33-25;1-4-9-18-10-8-13-21-22(18)27(35)34(19-11-6-5-7-12-19)25(32-21)16(2)30-24-23(20(28)14-15-29-24)26-31-17(3)33-36-26/h4-11,14-17,36H,1-3H3,(H3,29,30,31);4-11,14-17,37H,1-3H3,(H3,28,29,30);5-8,10-16H,1-3H3,(H3,28,29,30)/t2*16?,17-;16-/m000/s1. The third kappa shape index (κ3) is 16.0. The van der Waals surface area contributed by atoms with E-state index < -0.39 is 30.3 Å². The number of aliphatic hydroxyl groups is 2. The van der Waals surface area contributed by atoms with Crippen molar-refractivity contribution in [2.24, 2.45) is 7.05 Å². The largest absolute Gasteiger partial charge is 0.421 e. The summed E-state index contributed by atoms with van der Waals surface area (Å²) in [6.07, 6.45) is 3.07. The van der Waals surface area contributed by atoms with E-state index in [2.05, 4.69) is 102 Å². The maximum absolute atomic E-state index is 14.0. The lowest BCUT2D eigenvalue weighted by Gasteiger charge is -2.21. The molecule has 0 saturated heterocycles. The molecule has 558 valence electrons. The van der Waals surface area contributed by atoms with Crippen LogP contribution in [-0.4, -0.2) is 107 Å². The highest BCUT2D eigenvalue weighted by Gasteiger charge is 2.28. The summed E-state index contributed by atoms with van der Waals surface area (Å²) in [4.78, 5) is 75.6. The molecule has 5 atom stereocenters. The van der Waals surface area contributed by atoms with Crippen LogP contribution in [0.25, 0.3) is 84.1 Å². The summed E-state index contributed by atoms with van der Waals surface area (Å²) in [5.41, 5.74) is 25.8. The van der Waals surface area contributed by atoms with Crippen LogP contribution in [0.2, 0.25) is 0 Å². The van der Waals surface area contributed by atoms with E-state index in [9.17, 15) is 24.6 Å². The molecule has 0 amide bonds. The highest BCUT2D eigenvalue weighted by Crippen LogP contribution is 2.37. The number of pyridine rings is 3. The maximum Gasteiger partial charge on any atom is 0.267 e. The van der Waals surface area contributed by atoms with Crippen molar-refractivity contribution in [1.29, 1.82) is 0 Å². The number of nitrogens with zero attached hydrogens (tertiary/aromatic N) is 17. The van der Waals surface area contributed by atoms with Crippen molar-refractivity contribution in [3.63, 3.8) is 0 Å². The van der Waals surface area contributed by atoms with Crippen molar-refractivity contribution >= 4 is 67.2 Å². The molecule has 15 rings (SSSR count). The van der Waals surface area contributed by atoms with Crippen molar-refractivity contribution in [2.75, 3.05) is 33.2 Å². The molecule has 0 aliphatic rings. The van der Waals surface area contributed by atoms with Crippen LogP contribution in [0.5, 0.6) is 0 Å². The Balaban J connectivity index is 0.000000147. The molecule has 0 saturated carbocycles. The predicted molar refractivity (Wildman–Crippen MR) is 428 cm³/mol. The van der Waals surface area contributed by atoms with E-state index in [4.69, 9.17) is 41.1 Å². The number of aromatic nitrogens is 17. The summed E-state index contributed by atoms with van der Waals surface area (Å²) in [5, 5.41) is 54.7. The summed E-state index contributed by atoms with van der Waals surface area (Å²) in [6.45, 7) is 13.9. The number of hydrogen-bond donors (Lipinski definition) is 8. The number of nitrogen functional groups attached to an aromatic ring is 3. The summed E-state index contributed by atoms with van der Waals surface area (Å²) in [6, 6.07) is 47.5. The van der Waals surface area contributed by atoms with E-state index in [1.54, 1.807) is 129 Å². The molecule has 30 nitrogen and oxygen atoms in total. The Morgan fingerprint density at radius 3 is 1.19 bits per heavy atom. The summed E-state index contributed by atoms with van der Waals surface area (Å²) < 4.78 is 15.7. The molecule has 6 aromatic carbocycles. The number of nitrogens with one attached hydrogen (secondary N) is 3. The zero-order chi connectivity index (χ0) is 78.9. The van der Waals surface area contributed by atoms with Crippen LogP contribution in [0, 0.1) is 49.4 Å². The second-order valence-corrected chi connectivity index (χ2v) is 25.5. The van der Waals surface area contributed by atoms with Crippen LogP contribution in [0.4, 0.5) is 34.5 Å². The van der Waals surface area contributed by atoms with Gasteiger partial charge in [0.05, 0.1) is 80.5 Å². The van der Waals surface area contributed by atoms with Crippen LogP contribution in [-0.2, 0) is 7.05 Å². The van der Waals surface area contributed by atoms with Gasteiger partial charge in [0.2, 0.25) is 11.7 Å². The smallest absolute Gasteiger partial charge is 0.267 e. The molecule has 0 aliphatic carbocycles. The monoisotopic (exact) mass is 1490 g/mol. The van der Waals surface area contributed by atoms with Crippen molar-refractivity contribution in [1.82, 2.24) is 84.2 Å². The van der Waals surface area contributed by atoms with Crippen LogP contribution >= 0.6 is 0 Å². The Morgan fingerprint density at radius 2 is 0.839 bits per heavy atom. The van der Waals surface area contributed by atoms with Gasteiger partial charge in [0.15, 0.2) is 5.82 Å². The first-order valence-corrected chi connectivity index (χ1v) is 35.2. The molecule has 15 aromatic rings. The van der Waals surface area contributed by atoms with E-state index in [1.807, 2.05) is 130 Å². The number of anilines is 6. The molecule has 0 fully saturated rings. The lowest BCUT2D eigenvalue weighted by atomic mass is 10.1. The highest BCUT2D eigenvalue weighted by atomic mass is 16.5. The van der Waals surface area contributed by atoms with Gasteiger partial charge in [-0.25, -0.2) is 29.9 Å². The van der Waals surface area contributed by atoms with E-state index in [1.165, 1.54) is 4.80 Å². The molecule has 11 N–H and O–H groups in total. The van der Waals surface area contributed by atoms with Crippen LogP contribution < -0.4 is 49.8 Å². The van der Waals surface area contributed by atoms with Gasteiger partial charge < -0.3 is 52.3 Å². The zero-order valence-electron chi connectivity index (χ0n) is 62.0. The Hall–Kier alpha value is -15.1. The Morgan fingerprint density at radius 1 is 0.455 bits per heavy atom. The summed E-state index contributed by atoms with van der Waals surface area (Å²) >= 11 is 0. The number of aryl methyl sites for hydroxylation is 3. The molecule has 2 unspecified atom stereocenters. The van der Waals surface area contributed by atoms with Crippen molar-refractivity contribution in [3.05, 3.63) is 259 Å². The lowest BCUT2D eigenvalue weighted by molar-refractivity contribution is 0.253. The quantitative estimate of drug-likeness (QED) is 0.0442. The van der Waals surface area contributed by atoms with Gasteiger partial charge in [-0.2, -0.15) is 9.78 Å². The minimum Gasteiger partial charge on any atom is -0.421 e. The number of rotatable bonds is 15. The van der Waals surface area contributed by atoms with Gasteiger partial charge in [-0.3, -0.25) is 28.1 Å². The van der Waals surface area contributed by atoms with Crippen molar-refractivity contribution in [2.45, 2.75) is 85.7 Å². The number of nitrogens with two attached hydrogens (primary N) is 3. The second kappa shape index (κ2) is 33.0. The lowest BCUT2D eigenvalue weighted by Crippen LogP contribution is -2.28. The van der Waals surface area contributed by atoms with Gasteiger partial charge in [0.25, 0.3) is 28.5 Å². The Labute approximate surface area is 639 Å². The zero-order valence-corrected chi connectivity index (χ0v) is 62.0. The SMILES string of the molecule is CC#Cc1cccc2nc([C@H](C)Nc3nccc(N)c3-c3nc(C)no3)n(-c3ccccc3)c(=O)c12.CC(O)C#Cc1cccc2nc([C@H](C)Nc3nccc(N)c3-c3nnn(C)n3)n(-c3ccccc3)c(=O)c12.Cc1nnc(-c2c(N)ccnc2N[C@@H](C)c2nc3cccc(C#CC(C)O)c3c(=O)n2-c2ccccc2)o1. The molecule has 0 radical (unpaired) electrons. The van der Waals surface area contributed by atoms with Gasteiger partial charge in [-0.15, -0.1) is 26.3 Å². The third-order valence-electron chi connectivity index (χ3n) is 17.3. The fourth-order valence-electron chi connectivity index (χ4n) is 12.3. The maximum atomic E-state index is 14.0. The first-order chi connectivity index (χ1) is 54.1. The number of hydrogen-bond acceptors (Lipinski definition) is 26. The topological polar surface area (TPSA) is 419 Å². The fourth-order valence-corrected chi connectivity index (χ4v) is 12.3. The van der Waals surface area contributed by atoms with Crippen LogP contribution in [0.3, 0.4) is 0 Å². The van der Waals surface area contributed by atoms with E-state index in [0.717, 1.165) is 0 Å². The first-order valence-electron chi connectivity index (χ1n) is 35.2. The number of fused-ring (bicyclic) bond motifs is 3. The molecule has 0 aliphatic heterocycles. The predicted octanol–water partition coefficient (Wildman–Crippen LogP) is 10.4. The third-order valence-corrected chi connectivity index (χ3v) is 17.3. The van der Waals surface area contributed by atoms with Crippen LogP contribution in [0.15, 0.2) is 206 Å². The molecule has 9 aromatic heterocycles. The Bertz CT molecular complexity index is 6160. The number of aliphatic hydroxyl groups excluding tert-OH is 2. The average Bonchev–Trinajstić information content (AvgIpc) is 0.920. The minimum absolute atomic E-state index is 0.207. The normalized spacial score (nSPS) is 12.2. The average molecular weight is 1490 g/mol. The number of benzene rings is 6. The van der Waals surface area contributed by atoms with Gasteiger partial charge >= 0.3 is 0 Å². The molecule has 9 heterocycles. The van der Waals surface area contributed by atoms with E-state index >= 15 is 0 Å². The number of para-hydroxylation sites is 3.